The van der Waals surface area contributed by atoms with E-state index in [0.29, 0.717) is 25.2 Å². The average Bonchev–Trinajstić information content (AvgIpc) is 2.74. The molecule has 0 aliphatic rings. The van der Waals surface area contributed by atoms with E-state index in [9.17, 15) is 9.90 Å². The minimum atomic E-state index is -0.360. The highest BCUT2D eigenvalue weighted by molar-refractivity contribution is 5.75. The van der Waals surface area contributed by atoms with Gasteiger partial charge >= 0.3 is 0 Å². The van der Waals surface area contributed by atoms with Gasteiger partial charge in [0.25, 0.3) is 0 Å². The van der Waals surface area contributed by atoms with Crippen LogP contribution < -0.4 is 9.47 Å². The summed E-state index contributed by atoms with van der Waals surface area (Å²) >= 11 is 0. The van der Waals surface area contributed by atoms with Crippen molar-refractivity contribution in [3.63, 3.8) is 0 Å². The van der Waals surface area contributed by atoms with Gasteiger partial charge in [-0.05, 0) is 85.0 Å². The molecule has 0 radical (unpaired) electrons. The van der Waals surface area contributed by atoms with Crippen LogP contribution in [-0.4, -0.2) is 24.1 Å². The first-order chi connectivity index (χ1) is 14.5. The van der Waals surface area contributed by atoms with Crippen molar-refractivity contribution < 1.29 is 19.4 Å². The van der Waals surface area contributed by atoms with Crippen LogP contribution in [0.4, 0.5) is 0 Å². The zero-order valence-corrected chi connectivity index (χ0v) is 17.7. The SMILES string of the molecule is Cc1cc(OCC[C@H](C)O)ccc1-c1cccc(COc2ccc(C=O)cc2)c1C. The Labute approximate surface area is 178 Å². The third-order valence-corrected chi connectivity index (χ3v) is 5.15. The summed E-state index contributed by atoms with van der Waals surface area (Å²) in [6.07, 6.45) is 1.07. The number of aldehydes is 1. The van der Waals surface area contributed by atoms with E-state index in [2.05, 4.69) is 32.0 Å². The summed E-state index contributed by atoms with van der Waals surface area (Å²) in [5, 5.41) is 9.37. The molecule has 30 heavy (non-hydrogen) atoms. The molecule has 0 bridgehead atoms. The van der Waals surface area contributed by atoms with Gasteiger partial charge in [-0.15, -0.1) is 0 Å². The number of aliphatic hydroxyl groups excluding tert-OH is 1. The van der Waals surface area contributed by atoms with Crippen LogP contribution in [0.25, 0.3) is 11.1 Å². The number of hydrogen-bond donors (Lipinski definition) is 1. The van der Waals surface area contributed by atoms with Crippen molar-refractivity contribution in [3.05, 3.63) is 82.9 Å². The number of hydrogen-bond acceptors (Lipinski definition) is 4. The van der Waals surface area contributed by atoms with E-state index in [1.54, 1.807) is 19.1 Å². The third kappa shape index (κ3) is 5.49. The van der Waals surface area contributed by atoms with Gasteiger partial charge < -0.3 is 14.6 Å². The van der Waals surface area contributed by atoms with E-state index in [-0.39, 0.29) is 6.10 Å². The smallest absolute Gasteiger partial charge is 0.150 e. The maximum absolute atomic E-state index is 10.8. The Morgan fingerprint density at radius 1 is 0.933 bits per heavy atom. The Morgan fingerprint density at radius 3 is 2.33 bits per heavy atom. The fraction of sp³-hybridized carbons (Fsp3) is 0.269. The lowest BCUT2D eigenvalue weighted by atomic mass is 9.93. The third-order valence-electron chi connectivity index (χ3n) is 5.15. The van der Waals surface area contributed by atoms with Crippen LogP contribution >= 0.6 is 0 Å². The molecule has 4 nitrogen and oxygen atoms in total. The summed E-state index contributed by atoms with van der Waals surface area (Å²) < 4.78 is 11.7. The summed E-state index contributed by atoms with van der Waals surface area (Å²) in [6, 6.07) is 19.4. The molecule has 0 aliphatic heterocycles. The van der Waals surface area contributed by atoms with Crippen molar-refractivity contribution in [2.45, 2.75) is 39.9 Å². The molecule has 0 unspecified atom stereocenters. The quantitative estimate of drug-likeness (QED) is 0.478. The van der Waals surface area contributed by atoms with E-state index >= 15 is 0 Å². The highest BCUT2D eigenvalue weighted by Crippen LogP contribution is 2.31. The number of aryl methyl sites for hydroxylation is 1. The first-order valence-electron chi connectivity index (χ1n) is 10.2. The number of ether oxygens (including phenoxy) is 2. The lowest BCUT2D eigenvalue weighted by Gasteiger charge is -2.15. The minimum absolute atomic E-state index is 0.360. The summed E-state index contributed by atoms with van der Waals surface area (Å²) in [5.74, 6) is 1.55. The van der Waals surface area contributed by atoms with Crippen molar-refractivity contribution in [3.8, 4) is 22.6 Å². The lowest BCUT2D eigenvalue weighted by Crippen LogP contribution is -2.07. The van der Waals surface area contributed by atoms with Crippen LogP contribution in [-0.2, 0) is 6.61 Å². The number of rotatable bonds is 9. The van der Waals surface area contributed by atoms with E-state index in [0.717, 1.165) is 34.5 Å². The van der Waals surface area contributed by atoms with Gasteiger partial charge in [-0.3, -0.25) is 4.79 Å². The van der Waals surface area contributed by atoms with Crippen molar-refractivity contribution >= 4 is 6.29 Å². The molecular formula is C26H28O4. The molecule has 0 heterocycles. The van der Waals surface area contributed by atoms with Crippen LogP contribution in [0.5, 0.6) is 11.5 Å². The largest absolute Gasteiger partial charge is 0.493 e. The Kier molecular flexibility index (Phi) is 7.26. The maximum Gasteiger partial charge on any atom is 0.150 e. The molecule has 3 rings (SSSR count). The number of benzene rings is 3. The minimum Gasteiger partial charge on any atom is -0.493 e. The highest BCUT2D eigenvalue weighted by atomic mass is 16.5. The summed E-state index contributed by atoms with van der Waals surface area (Å²) in [6.45, 7) is 6.90. The standard InChI is InChI=1S/C26H28O4/c1-18-15-24(29-14-13-19(2)28)11-12-25(18)26-6-4-5-22(20(26)3)17-30-23-9-7-21(16-27)8-10-23/h4-12,15-16,19,28H,13-14,17H2,1-3H3/t19-/m0/s1. The van der Waals surface area contributed by atoms with Crippen LogP contribution in [0.2, 0.25) is 0 Å². The molecule has 0 aromatic heterocycles. The van der Waals surface area contributed by atoms with Gasteiger partial charge in [0.2, 0.25) is 0 Å². The summed E-state index contributed by atoms with van der Waals surface area (Å²) in [5.41, 5.74) is 6.38. The van der Waals surface area contributed by atoms with E-state index < -0.39 is 0 Å². The second-order valence-corrected chi connectivity index (χ2v) is 7.53. The van der Waals surface area contributed by atoms with E-state index in [1.165, 1.54) is 11.1 Å². The zero-order valence-electron chi connectivity index (χ0n) is 17.7. The Bertz CT molecular complexity index is 990. The fourth-order valence-corrected chi connectivity index (χ4v) is 3.31. The first kappa shape index (κ1) is 21.6. The molecule has 156 valence electrons. The zero-order chi connectivity index (χ0) is 21.5. The van der Waals surface area contributed by atoms with Crippen LogP contribution in [0.1, 0.15) is 40.4 Å². The van der Waals surface area contributed by atoms with Gasteiger partial charge in [-0.1, -0.05) is 24.3 Å². The molecule has 0 amide bonds. The average molecular weight is 405 g/mol. The van der Waals surface area contributed by atoms with Crippen LogP contribution in [0.15, 0.2) is 60.7 Å². The molecule has 0 aliphatic carbocycles. The van der Waals surface area contributed by atoms with Gasteiger partial charge in [-0.25, -0.2) is 0 Å². The van der Waals surface area contributed by atoms with Gasteiger partial charge in [0.05, 0.1) is 12.7 Å². The normalized spacial score (nSPS) is 11.7. The monoisotopic (exact) mass is 404 g/mol. The maximum atomic E-state index is 10.8. The topological polar surface area (TPSA) is 55.8 Å². The number of aliphatic hydroxyl groups is 1. The lowest BCUT2D eigenvalue weighted by molar-refractivity contribution is 0.112. The van der Waals surface area contributed by atoms with Crippen LogP contribution in [0, 0.1) is 13.8 Å². The molecule has 1 atom stereocenters. The first-order valence-corrected chi connectivity index (χ1v) is 10.2. The Balaban J connectivity index is 1.74. The van der Waals surface area contributed by atoms with E-state index in [4.69, 9.17) is 9.47 Å². The molecule has 3 aromatic rings. The number of carbonyl (C=O) groups excluding carboxylic acids is 1. The van der Waals surface area contributed by atoms with Crippen LogP contribution in [0.3, 0.4) is 0 Å². The van der Waals surface area contributed by atoms with Crippen molar-refractivity contribution in [2.75, 3.05) is 6.61 Å². The van der Waals surface area contributed by atoms with Gasteiger partial charge in [-0.2, -0.15) is 0 Å². The van der Waals surface area contributed by atoms with Gasteiger partial charge in [0.1, 0.15) is 24.4 Å². The van der Waals surface area contributed by atoms with Gasteiger partial charge in [0, 0.05) is 12.0 Å². The molecule has 0 saturated heterocycles. The van der Waals surface area contributed by atoms with Crippen molar-refractivity contribution in [1.82, 2.24) is 0 Å². The second kappa shape index (κ2) is 10.1. The highest BCUT2D eigenvalue weighted by Gasteiger charge is 2.10. The van der Waals surface area contributed by atoms with Gasteiger partial charge in [0.15, 0.2) is 0 Å². The summed E-state index contributed by atoms with van der Waals surface area (Å²) in [4.78, 5) is 10.8. The molecule has 0 fully saturated rings. The Hall–Kier alpha value is -3.11. The van der Waals surface area contributed by atoms with E-state index in [1.807, 2.05) is 30.3 Å². The molecule has 3 aromatic carbocycles. The van der Waals surface area contributed by atoms with Crippen molar-refractivity contribution in [2.24, 2.45) is 0 Å². The molecule has 1 N–H and O–H groups in total. The number of carbonyl (C=O) groups is 1. The predicted molar refractivity (Wildman–Crippen MR) is 119 cm³/mol. The second-order valence-electron chi connectivity index (χ2n) is 7.53. The molecule has 0 spiro atoms. The summed E-state index contributed by atoms with van der Waals surface area (Å²) in [7, 11) is 0. The molecule has 0 saturated carbocycles. The molecular weight excluding hydrogens is 376 g/mol. The Morgan fingerprint density at radius 2 is 1.67 bits per heavy atom. The molecule has 4 heteroatoms. The predicted octanol–water partition coefficient (Wildman–Crippen LogP) is 5.51. The fourth-order valence-electron chi connectivity index (χ4n) is 3.31. The van der Waals surface area contributed by atoms with Crippen molar-refractivity contribution in [1.29, 1.82) is 0 Å².